The summed E-state index contributed by atoms with van der Waals surface area (Å²) in [6.45, 7) is 7.19. The molecule has 0 amide bonds. The molecule has 0 radical (unpaired) electrons. The van der Waals surface area contributed by atoms with E-state index in [-0.39, 0.29) is 12.4 Å². The zero-order valence-electron chi connectivity index (χ0n) is 10.6. The lowest BCUT2D eigenvalue weighted by Crippen LogP contribution is -2.39. The van der Waals surface area contributed by atoms with Crippen LogP contribution in [0.25, 0.3) is 0 Å². The first-order valence-corrected chi connectivity index (χ1v) is 6.05. The van der Waals surface area contributed by atoms with E-state index < -0.39 is 0 Å². The molecule has 2 heterocycles. The first kappa shape index (κ1) is 14.5. The van der Waals surface area contributed by atoms with Crippen LogP contribution in [0.4, 0.5) is 0 Å². The Bertz CT molecular complexity index is 332. The van der Waals surface area contributed by atoms with Crippen molar-refractivity contribution in [1.82, 2.24) is 10.1 Å². The van der Waals surface area contributed by atoms with E-state index in [1.54, 1.807) is 0 Å². The van der Waals surface area contributed by atoms with Gasteiger partial charge in [0.15, 0.2) is 0 Å². The van der Waals surface area contributed by atoms with E-state index in [4.69, 9.17) is 10.3 Å². The molecule has 2 rings (SSSR count). The van der Waals surface area contributed by atoms with Crippen molar-refractivity contribution < 1.29 is 4.52 Å². The summed E-state index contributed by atoms with van der Waals surface area (Å²) in [5.41, 5.74) is 6.96. The Kier molecular flexibility index (Phi) is 5.43. The predicted octanol–water partition coefficient (Wildman–Crippen LogP) is 1.96. The molecule has 4 nitrogen and oxygen atoms in total. The van der Waals surface area contributed by atoms with Crippen LogP contribution < -0.4 is 5.73 Å². The lowest BCUT2D eigenvalue weighted by atomic mass is 9.91. The zero-order valence-corrected chi connectivity index (χ0v) is 11.4. The summed E-state index contributed by atoms with van der Waals surface area (Å²) in [6, 6.07) is 2.34. The molecule has 0 aromatic carbocycles. The molecule has 17 heavy (non-hydrogen) atoms. The zero-order chi connectivity index (χ0) is 11.5. The van der Waals surface area contributed by atoms with Crippen molar-refractivity contribution in [3.63, 3.8) is 0 Å². The summed E-state index contributed by atoms with van der Waals surface area (Å²) in [7, 11) is 0. The van der Waals surface area contributed by atoms with Crippen LogP contribution in [0.5, 0.6) is 0 Å². The smallest absolute Gasteiger partial charge is 0.133 e. The van der Waals surface area contributed by atoms with Crippen LogP contribution in [-0.4, -0.2) is 29.2 Å². The molecule has 5 heteroatoms. The molecule has 98 valence electrons. The second kappa shape index (κ2) is 6.38. The SMILES string of the molecule is Cc1cc(CN2CCC(C(C)N)CC2)no1.Cl. The van der Waals surface area contributed by atoms with Crippen molar-refractivity contribution in [2.75, 3.05) is 13.1 Å². The molecule has 2 N–H and O–H groups in total. The minimum atomic E-state index is 0. The number of aromatic nitrogens is 1. The summed E-state index contributed by atoms with van der Waals surface area (Å²) in [4.78, 5) is 2.43. The summed E-state index contributed by atoms with van der Waals surface area (Å²) < 4.78 is 5.07. The molecule has 1 saturated heterocycles. The van der Waals surface area contributed by atoms with Gasteiger partial charge in [0.25, 0.3) is 0 Å². The van der Waals surface area contributed by atoms with Gasteiger partial charge in [0.05, 0.1) is 5.69 Å². The van der Waals surface area contributed by atoms with Gasteiger partial charge in [0.2, 0.25) is 0 Å². The molecule has 1 atom stereocenters. The lowest BCUT2D eigenvalue weighted by molar-refractivity contribution is 0.162. The van der Waals surface area contributed by atoms with Gasteiger partial charge in [-0.05, 0) is 45.7 Å². The number of likely N-dealkylation sites (tertiary alicyclic amines) is 1. The van der Waals surface area contributed by atoms with Crippen LogP contribution in [0, 0.1) is 12.8 Å². The Balaban J connectivity index is 0.00000144. The highest BCUT2D eigenvalue weighted by molar-refractivity contribution is 5.85. The summed E-state index contributed by atoms with van der Waals surface area (Å²) >= 11 is 0. The van der Waals surface area contributed by atoms with E-state index in [2.05, 4.69) is 17.0 Å². The monoisotopic (exact) mass is 259 g/mol. The maximum absolute atomic E-state index is 5.92. The molecule has 1 fully saturated rings. The van der Waals surface area contributed by atoms with Crippen molar-refractivity contribution in [1.29, 1.82) is 0 Å². The normalized spacial score (nSPS) is 19.9. The topological polar surface area (TPSA) is 55.3 Å². The van der Waals surface area contributed by atoms with Gasteiger partial charge in [-0.1, -0.05) is 5.16 Å². The van der Waals surface area contributed by atoms with Gasteiger partial charge in [-0.2, -0.15) is 0 Å². The second-order valence-corrected chi connectivity index (χ2v) is 4.90. The molecule has 0 saturated carbocycles. The van der Waals surface area contributed by atoms with Crippen LogP contribution in [0.1, 0.15) is 31.2 Å². The largest absolute Gasteiger partial charge is 0.361 e. The molecule has 0 bridgehead atoms. The minimum absolute atomic E-state index is 0. The van der Waals surface area contributed by atoms with E-state index in [1.165, 1.54) is 12.8 Å². The molecule has 1 aliphatic heterocycles. The highest BCUT2D eigenvalue weighted by Gasteiger charge is 2.22. The van der Waals surface area contributed by atoms with E-state index in [1.807, 2.05) is 13.0 Å². The first-order chi connectivity index (χ1) is 7.65. The Morgan fingerprint density at radius 3 is 2.65 bits per heavy atom. The third-order valence-corrected chi connectivity index (χ3v) is 3.44. The van der Waals surface area contributed by atoms with Crippen LogP contribution in [0.2, 0.25) is 0 Å². The minimum Gasteiger partial charge on any atom is -0.361 e. The Morgan fingerprint density at radius 2 is 2.18 bits per heavy atom. The average Bonchev–Trinajstić information content (AvgIpc) is 2.65. The molecular weight excluding hydrogens is 238 g/mol. The second-order valence-electron chi connectivity index (χ2n) is 4.90. The third-order valence-electron chi connectivity index (χ3n) is 3.44. The van der Waals surface area contributed by atoms with Crippen molar-refractivity contribution in [3.8, 4) is 0 Å². The lowest BCUT2D eigenvalue weighted by Gasteiger charge is -2.33. The highest BCUT2D eigenvalue weighted by Crippen LogP contribution is 2.20. The third kappa shape index (κ3) is 3.98. The molecule has 0 spiro atoms. The number of hydrogen-bond acceptors (Lipinski definition) is 4. The van der Waals surface area contributed by atoms with Crippen LogP contribution >= 0.6 is 12.4 Å². The van der Waals surface area contributed by atoms with Crippen molar-refractivity contribution in [2.45, 2.75) is 39.3 Å². The van der Waals surface area contributed by atoms with Crippen LogP contribution in [-0.2, 0) is 6.54 Å². The molecule has 1 aromatic rings. The molecule has 1 aromatic heterocycles. The van der Waals surface area contributed by atoms with Gasteiger partial charge in [-0.3, -0.25) is 4.90 Å². The van der Waals surface area contributed by atoms with Crippen LogP contribution in [0.15, 0.2) is 10.6 Å². The number of piperidine rings is 1. The summed E-state index contributed by atoms with van der Waals surface area (Å²) in [5, 5.41) is 4.02. The fourth-order valence-electron chi connectivity index (χ4n) is 2.36. The fourth-order valence-corrected chi connectivity index (χ4v) is 2.36. The van der Waals surface area contributed by atoms with Crippen molar-refractivity contribution in [2.24, 2.45) is 11.7 Å². The van der Waals surface area contributed by atoms with Gasteiger partial charge >= 0.3 is 0 Å². The van der Waals surface area contributed by atoms with Gasteiger partial charge in [-0.15, -0.1) is 12.4 Å². The van der Waals surface area contributed by atoms with E-state index in [0.717, 1.165) is 31.1 Å². The van der Waals surface area contributed by atoms with E-state index >= 15 is 0 Å². The van der Waals surface area contributed by atoms with Crippen LogP contribution in [0.3, 0.4) is 0 Å². The fraction of sp³-hybridized carbons (Fsp3) is 0.750. The standard InChI is InChI=1S/C12H21N3O.ClH/c1-9-7-12(14-16-9)8-15-5-3-11(4-6-15)10(2)13;/h7,10-11H,3-6,8,13H2,1-2H3;1H. The predicted molar refractivity (Wildman–Crippen MR) is 70.1 cm³/mol. The maximum atomic E-state index is 5.92. The Labute approximate surface area is 109 Å². The Hall–Kier alpha value is -0.580. The first-order valence-electron chi connectivity index (χ1n) is 6.05. The van der Waals surface area contributed by atoms with Gasteiger partial charge < -0.3 is 10.3 Å². The Morgan fingerprint density at radius 1 is 1.53 bits per heavy atom. The highest BCUT2D eigenvalue weighted by atomic mass is 35.5. The molecule has 1 unspecified atom stereocenters. The number of halogens is 1. The molecular formula is C12H22ClN3O. The summed E-state index contributed by atoms with van der Waals surface area (Å²) in [6.07, 6.45) is 2.41. The number of hydrogen-bond donors (Lipinski definition) is 1. The van der Waals surface area contributed by atoms with E-state index in [0.29, 0.717) is 12.0 Å². The molecule has 1 aliphatic rings. The number of nitrogens with zero attached hydrogens (tertiary/aromatic N) is 2. The number of nitrogens with two attached hydrogens (primary N) is 1. The van der Waals surface area contributed by atoms with Crippen molar-refractivity contribution >= 4 is 12.4 Å². The maximum Gasteiger partial charge on any atom is 0.133 e. The van der Waals surface area contributed by atoms with Gasteiger partial charge in [0, 0.05) is 18.7 Å². The van der Waals surface area contributed by atoms with E-state index in [9.17, 15) is 0 Å². The van der Waals surface area contributed by atoms with Gasteiger partial charge in [0.1, 0.15) is 5.76 Å². The van der Waals surface area contributed by atoms with Gasteiger partial charge in [-0.25, -0.2) is 0 Å². The number of aryl methyl sites for hydroxylation is 1. The van der Waals surface area contributed by atoms with Crippen molar-refractivity contribution in [3.05, 3.63) is 17.5 Å². The number of rotatable bonds is 3. The average molecular weight is 260 g/mol. The summed E-state index contributed by atoms with van der Waals surface area (Å²) in [5.74, 6) is 1.58. The quantitative estimate of drug-likeness (QED) is 0.902. The molecule has 0 aliphatic carbocycles.